The van der Waals surface area contributed by atoms with Gasteiger partial charge < -0.3 is 4.52 Å². The summed E-state index contributed by atoms with van der Waals surface area (Å²) in [5, 5.41) is 8.20. The van der Waals surface area contributed by atoms with E-state index in [0.29, 0.717) is 42.2 Å². The molecule has 11 heteroatoms. The summed E-state index contributed by atoms with van der Waals surface area (Å²) >= 11 is 0. The molecule has 3 heterocycles. The second-order valence-corrected chi connectivity index (χ2v) is 9.04. The summed E-state index contributed by atoms with van der Waals surface area (Å²) in [7, 11) is -3.81. The fourth-order valence-electron chi connectivity index (χ4n) is 3.58. The molecule has 0 saturated carbocycles. The molecule has 4 rings (SSSR count). The van der Waals surface area contributed by atoms with Crippen molar-refractivity contribution in [3.63, 3.8) is 0 Å². The molecule has 30 heavy (non-hydrogen) atoms. The maximum Gasteiger partial charge on any atom is 0.416 e. The van der Waals surface area contributed by atoms with E-state index < -0.39 is 21.8 Å². The van der Waals surface area contributed by atoms with Crippen LogP contribution in [0.4, 0.5) is 13.2 Å². The highest BCUT2D eigenvalue weighted by molar-refractivity contribution is 7.89. The van der Waals surface area contributed by atoms with Crippen molar-refractivity contribution in [2.45, 2.75) is 44.4 Å². The van der Waals surface area contributed by atoms with Gasteiger partial charge in [0.25, 0.3) is 0 Å². The van der Waals surface area contributed by atoms with Crippen LogP contribution in [-0.2, 0) is 29.3 Å². The zero-order chi connectivity index (χ0) is 21.7. The first-order valence-electron chi connectivity index (χ1n) is 9.25. The molecule has 7 nitrogen and oxygen atoms in total. The molecule has 0 bridgehead atoms. The third kappa shape index (κ3) is 3.63. The first kappa shape index (κ1) is 20.6. The second kappa shape index (κ2) is 7.24. The van der Waals surface area contributed by atoms with Gasteiger partial charge in [0.1, 0.15) is 10.6 Å². The van der Waals surface area contributed by atoms with Gasteiger partial charge in [-0.1, -0.05) is 17.3 Å². The molecule has 0 amide bonds. The minimum Gasteiger partial charge on any atom is -0.360 e. The molecule has 0 spiro atoms. The number of sulfonamides is 1. The number of hydrogen-bond donors (Lipinski definition) is 0. The zero-order valence-electron chi connectivity index (χ0n) is 16.3. The predicted octanol–water partition coefficient (Wildman–Crippen LogP) is 3.77. The number of alkyl halides is 3. The van der Waals surface area contributed by atoms with Crippen LogP contribution in [0.25, 0.3) is 11.3 Å². The Kier molecular flexibility index (Phi) is 4.97. The SMILES string of the molecule is Cc1noc(C)c1S(=O)(=O)N1CCCn2nc(-c3ccc(C(F)(F)F)cc3)cc2C1. The Morgan fingerprint density at radius 1 is 1.10 bits per heavy atom. The fraction of sp³-hybridized carbons (Fsp3) is 0.368. The molecular weight excluding hydrogens is 421 g/mol. The van der Waals surface area contributed by atoms with Crippen molar-refractivity contribution in [3.8, 4) is 11.3 Å². The molecule has 0 unspecified atom stereocenters. The van der Waals surface area contributed by atoms with E-state index in [0.717, 1.165) is 12.1 Å². The Morgan fingerprint density at radius 3 is 2.40 bits per heavy atom. The van der Waals surface area contributed by atoms with E-state index in [4.69, 9.17) is 4.52 Å². The number of aromatic nitrogens is 3. The quantitative estimate of drug-likeness (QED) is 0.619. The predicted molar refractivity (Wildman–Crippen MR) is 101 cm³/mol. The largest absolute Gasteiger partial charge is 0.416 e. The molecule has 2 aromatic heterocycles. The molecule has 0 N–H and O–H groups in total. The maximum atomic E-state index is 13.2. The molecule has 0 saturated heterocycles. The summed E-state index contributed by atoms with van der Waals surface area (Å²) in [6.07, 6.45) is -3.86. The van der Waals surface area contributed by atoms with Crippen LogP contribution in [0.1, 0.15) is 29.1 Å². The Bertz CT molecular complexity index is 1160. The van der Waals surface area contributed by atoms with Gasteiger partial charge in [-0.3, -0.25) is 4.68 Å². The van der Waals surface area contributed by atoms with Crippen LogP contribution in [0.2, 0.25) is 0 Å². The summed E-state index contributed by atoms with van der Waals surface area (Å²) in [5.74, 6) is 0.232. The van der Waals surface area contributed by atoms with Gasteiger partial charge in [0.2, 0.25) is 10.0 Å². The summed E-state index contributed by atoms with van der Waals surface area (Å²) in [6.45, 7) is 4.04. The summed E-state index contributed by atoms with van der Waals surface area (Å²) in [6, 6.07) is 6.46. The lowest BCUT2D eigenvalue weighted by atomic mass is 10.1. The van der Waals surface area contributed by atoms with E-state index in [1.54, 1.807) is 24.6 Å². The highest BCUT2D eigenvalue weighted by Crippen LogP contribution is 2.32. The summed E-state index contributed by atoms with van der Waals surface area (Å²) in [5.41, 5.74) is 1.26. The fourth-order valence-corrected chi connectivity index (χ4v) is 5.32. The second-order valence-electron chi connectivity index (χ2n) is 7.16. The zero-order valence-corrected chi connectivity index (χ0v) is 17.1. The van der Waals surface area contributed by atoms with Gasteiger partial charge in [-0.2, -0.15) is 22.6 Å². The number of fused-ring (bicyclic) bond motifs is 1. The number of nitrogens with zero attached hydrogens (tertiary/aromatic N) is 4. The first-order valence-corrected chi connectivity index (χ1v) is 10.7. The number of halogens is 3. The highest BCUT2D eigenvalue weighted by Gasteiger charge is 2.33. The molecule has 0 atom stereocenters. The average molecular weight is 440 g/mol. The van der Waals surface area contributed by atoms with Crippen LogP contribution in [0.5, 0.6) is 0 Å². The van der Waals surface area contributed by atoms with Crippen molar-refractivity contribution in [2.24, 2.45) is 0 Å². The number of benzene rings is 1. The normalized spacial score (nSPS) is 15.8. The molecule has 0 radical (unpaired) electrons. The Hall–Kier alpha value is -2.66. The Balaban J connectivity index is 1.64. The van der Waals surface area contributed by atoms with Crippen molar-refractivity contribution < 1.29 is 26.1 Å². The Labute approximate surface area is 171 Å². The van der Waals surface area contributed by atoms with E-state index in [-0.39, 0.29) is 17.2 Å². The third-order valence-corrected chi connectivity index (χ3v) is 7.14. The molecule has 3 aromatic rings. The van der Waals surface area contributed by atoms with Gasteiger partial charge in [-0.25, -0.2) is 8.42 Å². The summed E-state index contributed by atoms with van der Waals surface area (Å²) in [4.78, 5) is 0.0680. The lowest BCUT2D eigenvalue weighted by molar-refractivity contribution is -0.137. The van der Waals surface area contributed by atoms with Crippen molar-refractivity contribution in [1.82, 2.24) is 19.2 Å². The van der Waals surface area contributed by atoms with Gasteiger partial charge in [0.05, 0.1) is 23.5 Å². The van der Waals surface area contributed by atoms with E-state index in [9.17, 15) is 21.6 Å². The van der Waals surface area contributed by atoms with Crippen LogP contribution in [0, 0.1) is 13.8 Å². The van der Waals surface area contributed by atoms with E-state index in [1.165, 1.54) is 16.4 Å². The maximum absolute atomic E-state index is 13.2. The van der Waals surface area contributed by atoms with Gasteiger partial charge in [-0.15, -0.1) is 0 Å². The van der Waals surface area contributed by atoms with E-state index >= 15 is 0 Å². The molecule has 0 aliphatic carbocycles. The molecule has 1 aliphatic rings. The minimum absolute atomic E-state index is 0.0680. The molecular formula is C19H19F3N4O3S. The highest BCUT2D eigenvalue weighted by atomic mass is 32.2. The smallest absolute Gasteiger partial charge is 0.360 e. The van der Waals surface area contributed by atoms with Gasteiger partial charge >= 0.3 is 6.18 Å². The average Bonchev–Trinajstić information content (AvgIpc) is 3.17. The minimum atomic E-state index is -4.41. The molecule has 0 fully saturated rings. The van der Waals surface area contributed by atoms with Crippen LogP contribution >= 0.6 is 0 Å². The molecule has 1 aromatic carbocycles. The van der Waals surface area contributed by atoms with Gasteiger partial charge in [0, 0.05) is 18.7 Å². The number of aryl methyl sites for hydroxylation is 3. The van der Waals surface area contributed by atoms with Gasteiger partial charge in [-0.05, 0) is 38.5 Å². The van der Waals surface area contributed by atoms with Crippen LogP contribution < -0.4 is 0 Å². The van der Waals surface area contributed by atoms with Crippen LogP contribution in [0.3, 0.4) is 0 Å². The standard InChI is InChI=1S/C19H19F3N4O3S/c1-12-18(13(2)29-24-12)30(27,28)25-8-3-9-26-16(11-25)10-17(23-26)14-4-6-15(7-5-14)19(20,21)22/h4-7,10H,3,8-9,11H2,1-2H3. The molecule has 160 valence electrons. The van der Waals surface area contributed by atoms with E-state index in [2.05, 4.69) is 10.3 Å². The summed E-state index contributed by atoms with van der Waals surface area (Å²) < 4.78 is 72.7. The van der Waals surface area contributed by atoms with Crippen molar-refractivity contribution >= 4 is 10.0 Å². The molecule has 1 aliphatic heterocycles. The lowest BCUT2D eigenvalue weighted by Gasteiger charge is -2.19. The van der Waals surface area contributed by atoms with E-state index in [1.807, 2.05) is 0 Å². The number of rotatable bonds is 3. The monoisotopic (exact) mass is 440 g/mol. The van der Waals surface area contributed by atoms with Gasteiger partial charge in [0.15, 0.2) is 5.76 Å². The van der Waals surface area contributed by atoms with Crippen molar-refractivity contribution in [3.05, 3.63) is 53.0 Å². The number of hydrogen-bond acceptors (Lipinski definition) is 5. The lowest BCUT2D eigenvalue weighted by Crippen LogP contribution is -2.31. The van der Waals surface area contributed by atoms with Crippen molar-refractivity contribution in [2.75, 3.05) is 6.54 Å². The van der Waals surface area contributed by atoms with Crippen molar-refractivity contribution in [1.29, 1.82) is 0 Å². The van der Waals surface area contributed by atoms with Crippen LogP contribution in [-0.4, -0.2) is 34.2 Å². The first-order chi connectivity index (χ1) is 14.1. The topological polar surface area (TPSA) is 81.2 Å². The third-order valence-electron chi connectivity index (χ3n) is 5.05. The Morgan fingerprint density at radius 2 is 1.80 bits per heavy atom. The van der Waals surface area contributed by atoms with Crippen LogP contribution in [0.15, 0.2) is 39.8 Å².